The third kappa shape index (κ3) is 2.24. The molecule has 4 nitrogen and oxygen atoms in total. The van der Waals surface area contributed by atoms with Crippen molar-refractivity contribution in [1.29, 1.82) is 0 Å². The molecule has 104 valence electrons. The van der Waals surface area contributed by atoms with Crippen molar-refractivity contribution in [3.8, 4) is 0 Å². The predicted molar refractivity (Wildman–Crippen MR) is 88.0 cm³/mol. The maximum Gasteiger partial charge on any atom is 0.140 e. The monoisotopic (exact) mass is 314 g/mol. The van der Waals surface area contributed by atoms with Crippen molar-refractivity contribution >= 4 is 45.9 Å². The molecule has 3 heterocycles. The van der Waals surface area contributed by atoms with E-state index in [1.165, 1.54) is 0 Å². The Labute approximate surface area is 130 Å². The van der Waals surface area contributed by atoms with Gasteiger partial charge in [-0.15, -0.1) is 0 Å². The Morgan fingerprint density at radius 3 is 3.14 bits per heavy atom. The van der Waals surface area contributed by atoms with Crippen LogP contribution in [0.5, 0.6) is 0 Å². The maximum atomic E-state index is 6.00. The minimum absolute atomic E-state index is 0.732. The number of hydrogen-bond acceptors (Lipinski definition) is 3. The zero-order valence-electron chi connectivity index (χ0n) is 10.9. The van der Waals surface area contributed by atoms with Gasteiger partial charge in [0.15, 0.2) is 0 Å². The molecule has 1 aromatic carbocycles. The van der Waals surface area contributed by atoms with Gasteiger partial charge in [-0.3, -0.25) is 4.40 Å². The molecular weight excluding hydrogens is 304 g/mol. The Balaban J connectivity index is 1.63. The van der Waals surface area contributed by atoms with Crippen molar-refractivity contribution in [2.75, 3.05) is 4.72 Å². The van der Waals surface area contributed by atoms with Crippen LogP contribution in [0.2, 0.25) is 5.02 Å². The van der Waals surface area contributed by atoms with Crippen LogP contribution in [-0.4, -0.2) is 14.4 Å². The van der Waals surface area contributed by atoms with Crippen LogP contribution in [0.1, 0.15) is 0 Å². The van der Waals surface area contributed by atoms with E-state index in [1.807, 2.05) is 59.4 Å². The third-order valence-electron chi connectivity index (χ3n) is 3.29. The molecule has 4 aromatic rings. The number of rotatable bonds is 3. The van der Waals surface area contributed by atoms with E-state index in [1.54, 1.807) is 11.9 Å². The Hall–Kier alpha value is -2.11. The standard InChI is InChI=1S/C15H11ClN4S/c16-10-4-5-11-12(7-10)17-8-13(11)21-19-15-9-18-14-3-1-2-6-20(14)15/h1-9,17,19H. The maximum absolute atomic E-state index is 6.00. The van der Waals surface area contributed by atoms with Crippen LogP contribution in [0, 0.1) is 0 Å². The Morgan fingerprint density at radius 2 is 2.19 bits per heavy atom. The lowest BCUT2D eigenvalue weighted by Gasteiger charge is -2.04. The number of pyridine rings is 1. The van der Waals surface area contributed by atoms with E-state index in [9.17, 15) is 0 Å². The lowest BCUT2D eigenvalue weighted by molar-refractivity contribution is 1.20. The highest BCUT2D eigenvalue weighted by Gasteiger charge is 2.07. The van der Waals surface area contributed by atoms with Gasteiger partial charge in [0, 0.05) is 28.3 Å². The number of imidazole rings is 1. The van der Waals surface area contributed by atoms with Gasteiger partial charge < -0.3 is 9.71 Å². The summed E-state index contributed by atoms with van der Waals surface area (Å²) in [5.74, 6) is 0.943. The summed E-state index contributed by atoms with van der Waals surface area (Å²) >= 11 is 7.55. The highest BCUT2D eigenvalue weighted by atomic mass is 35.5. The summed E-state index contributed by atoms with van der Waals surface area (Å²) < 4.78 is 5.35. The van der Waals surface area contributed by atoms with Crippen LogP contribution in [0.4, 0.5) is 5.82 Å². The van der Waals surface area contributed by atoms with Crippen LogP contribution in [-0.2, 0) is 0 Å². The summed E-state index contributed by atoms with van der Waals surface area (Å²) in [7, 11) is 0. The third-order valence-corrected chi connectivity index (χ3v) is 4.39. The van der Waals surface area contributed by atoms with Crippen molar-refractivity contribution in [3.63, 3.8) is 0 Å². The first-order valence-corrected chi connectivity index (χ1v) is 7.62. The van der Waals surface area contributed by atoms with E-state index in [0.717, 1.165) is 32.3 Å². The molecule has 0 spiro atoms. The molecular formula is C15H11ClN4S. The van der Waals surface area contributed by atoms with E-state index in [0.29, 0.717) is 0 Å². The topological polar surface area (TPSA) is 45.1 Å². The van der Waals surface area contributed by atoms with Crippen molar-refractivity contribution in [1.82, 2.24) is 14.4 Å². The second-order valence-electron chi connectivity index (χ2n) is 4.62. The number of H-pyrrole nitrogens is 1. The largest absolute Gasteiger partial charge is 0.360 e. The van der Waals surface area contributed by atoms with Crippen molar-refractivity contribution in [2.45, 2.75) is 4.90 Å². The predicted octanol–water partition coefficient (Wildman–Crippen LogP) is 4.59. The Kier molecular flexibility index (Phi) is 3.02. The number of aromatic nitrogens is 3. The Bertz CT molecular complexity index is 928. The molecule has 0 bridgehead atoms. The second kappa shape index (κ2) is 5.02. The van der Waals surface area contributed by atoms with Crippen molar-refractivity contribution in [2.24, 2.45) is 0 Å². The summed E-state index contributed by atoms with van der Waals surface area (Å²) in [6, 6.07) is 11.8. The number of nitrogens with one attached hydrogen (secondary N) is 2. The van der Waals surface area contributed by atoms with E-state index < -0.39 is 0 Å². The van der Waals surface area contributed by atoms with Gasteiger partial charge >= 0.3 is 0 Å². The quantitative estimate of drug-likeness (QED) is 0.544. The van der Waals surface area contributed by atoms with Gasteiger partial charge in [-0.25, -0.2) is 4.98 Å². The van der Waals surface area contributed by atoms with Gasteiger partial charge in [0.1, 0.15) is 11.5 Å². The lowest BCUT2D eigenvalue weighted by atomic mass is 10.2. The van der Waals surface area contributed by atoms with Gasteiger partial charge in [0.05, 0.1) is 11.1 Å². The highest BCUT2D eigenvalue weighted by molar-refractivity contribution is 8.00. The van der Waals surface area contributed by atoms with Crippen molar-refractivity contribution in [3.05, 3.63) is 60.0 Å². The van der Waals surface area contributed by atoms with Crippen molar-refractivity contribution < 1.29 is 0 Å². The molecule has 6 heteroatoms. The average molecular weight is 315 g/mol. The van der Waals surface area contributed by atoms with Crippen LogP contribution in [0.3, 0.4) is 0 Å². The molecule has 21 heavy (non-hydrogen) atoms. The molecule has 0 saturated heterocycles. The second-order valence-corrected chi connectivity index (χ2v) is 5.90. The summed E-state index contributed by atoms with van der Waals surface area (Å²) in [5.41, 5.74) is 1.95. The Morgan fingerprint density at radius 1 is 1.24 bits per heavy atom. The first kappa shape index (κ1) is 12.6. The van der Waals surface area contributed by atoms with E-state index in [-0.39, 0.29) is 0 Å². The van der Waals surface area contributed by atoms with Crippen LogP contribution >= 0.6 is 23.5 Å². The molecule has 0 unspecified atom stereocenters. The SMILES string of the molecule is Clc1ccc2c(SNc3cnc4ccccn34)c[nH]c2c1. The minimum Gasteiger partial charge on any atom is -0.360 e. The van der Waals surface area contributed by atoms with E-state index in [2.05, 4.69) is 14.7 Å². The molecule has 0 amide bonds. The van der Waals surface area contributed by atoms with Gasteiger partial charge in [-0.2, -0.15) is 0 Å². The number of halogens is 1. The molecule has 0 aliphatic heterocycles. The summed E-state index contributed by atoms with van der Waals surface area (Å²) in [5, 5.41) is 1.88. The minimum atomic E-state index is 0.732. The lowest BCUT2D eigenvalue weighted by Crippen LogP contribution is -1.91. The van der Waals surface area contributed by atoms with E-state index in [4.69, 9.17) is 11.6 Å². The molecule has 2 N–H and O–H groups in total. The molecule has 0 fully saturated rings. The van der Waals surface area contributed by atoms with Gasteiger partial charge in [-0.05, 0) is 36.2 Å². The molecule has 4 rings (SSSR count). The molecule has 0 atom stereocenters. The van der Waals surface area contributed by atoms with Gasteiger partial charge in [-0.1, -0.05) is 23.7 Å². The molecule has 0 aliphatic rings. The van der Waals surface area contributed by atoms with Crippen LogP contribution in [0.15, 0.2) is 59.9 Å². The number of fused-ring (bicyclic) bond motifs is 2. The molecule has 0 radical (unpaired) electrons. The molecule has 0 saturated carbocycles. The summed E-state index contributed by atoms with van der Waals surface area (Å²) in [6.45, 7) is 0. The first-order valence-electron chi connectivity index (χ1n) is 6.43. The van der Waals surface area contributed by atoms with Gasteiger partial charge in [0.25, 0.3) is 0 Å². The van der Waals surface area contributed by atoms with E-state index >= 15 is 0 Å². The first-order chi connectivity index (χ1) is 10.3. The number of nitrogens with zero attached hydrogens (tertiary/aromatic N) is 2. The highest BCUT2D eigenvalue weighted by Crippen LogP contribution is 2.30. The average Bonchev–Trinajstić information content (AvgIpc) is 3.08. The fourth-order valence-corrected chi connectivity index (χ4v) is 3.21. The number of anilines is 1. The zero-order valence-corrected chi connectivity index (χ0v) is 12.4. The fraction of sp³-hybridized carbons (Fsp3) is 0. The number of aromatic amines is 1. The molecule has 3 aromatic heterocycles. The van der Waals surface area contributed by atoms with Crippen LogP contribution in [0.25, 0.3) is 16.6 Å². The zero-order chi connectivity index (χ0) is 14.2. The molecule has 0 aliphatic carbocycles. The summed E-state index contributed by atoms with van der Waals surface area (Å²) in [6.07, 6.45) is 5.79. The normalized spacial score (nSPS) is 11.3. The fourth-order valence-electron chi connectivity index (χ4n) is 2.27. The number of hydrogen-bond donors (Lipinski definition) is 2. The summed E-state index contributed by atoms with van der Waals surface area (Å²) in [4.78, 5) is 8.70. The van der Waals surface area contributed by atoms with Crippen LogP contribution < -0.4 is 4.72 Å². The van der Waals surface area contributed by atoms with Gasteiger partial charge in [0.2, 0.25) is 0 Å². The number of benzene rings is 1. The smallest absolute Gasteiger partial charge is 0.140 e.